The molecule has 1 atom stereocenters. The van der Waals surface area contributed by atoms with Crippen molar-refractivity contribution in [2.75, 3.05) is 0 Å². The summed E-state index contributed by atoms with van der Waals surface area (Å²) in [5.41, 5.74) is 6.05. The van der Waals surface area contributed by atoms with Crippen molar-refractivity contribution in [2.45, 2.75) is 71.2 Å². The van der Waals surface area contributed by atoms with Gasteiger partial charge in [-0.05, 0) is 22.7 Å². The predicted molar refractivity (Wildman–Crippen MR) is 107 cm³/mol. The molecule has 0 fully saturated rings. The normalized spacial score (nSPS) is 12.7. The van der Waals surface area contributed by atoms with E-state index >= 15 is 0 Å². The zero-order chi connectivity index (χ0) is 20.1. The molecule has 142 valence electrons. The fraction of sp³-hybridized carbons (Fsp3) is 0.524. The molecule has 4 nitrogen and oxygen atoms in total. The van der Waals surface area contributed by atoms with Crippen LogP contribution in [0.5, 0.6) is 0 Å². The first kappa shape index (κ1) is 22.0. The fourth-order valence-corrected chi connectivity index (χ4v) is 9.08. The third kappa shape index (κ3) is 4.76. The highest BCUT2D eigenvalue weighted by Crippen LogP contribution is 2.40. The second kappa shape index (κ2) is 9.04. The molecule has 0 aliphatic rings. The molecule has 0 aliphatic carbocycles. The highest BCUT2D eigenvalue weighted by Gasteiger charge is 2.41. The molecule has 5 heteroatoms. The van der Waals surface area contributed by atoms with E-state index in [1.807, 2.05) is 6.07 Å². The third-order valence-corrected chi connectivity index (χ3v) is 11.3. The molecule has 0 saturated heterocycles. The molecule has 26 heavy (non-hydrogen) atoms. The maximum Gasteiger partial charge on any atom is 0.349 e. The van der Waals surface area contributed by atoms with Crippen molar-refractivity contribution >= 4 is 20.0 Å². The minimum absolute atomic E-state index is 0.418. The summed E-state index contributed by atoms with van der Waals surface area (Å²) in [6, 6.07) is 7.01. The van der Waals surface area contributed by atoms with Crippen LogP contribution in [0.4, 0.5) is 0 Å². The molecule has 0 aromatic heterocycles. The molecule has 0 amide bonds. The van der Waals surface area contributed by atoms with Crippen LogP contribution in [0.2, 0.25) is 16.6 Å². The van der Waals surface area contributed by atoms with Crippen molar-refractivity contribution in [3.05, 3.63) is 35.4 Å². The molecule has 0 heterocycles. The smallest absolute Gasteiger partial charge is 0.349 e. The van der Waals surface area contributed by atoms with Gasteiger partial charge in [0.2, 0.25) is 6.10 Å². The third-order valence-electron chi connectivity index (χ3n) is 5.03. The topological polar surface area (TPSA) is 63.6 Å². The van der Waals surface area contributed by atoms with E-state index in [2.05, 4.69) is 53.0 Å². The van der Waals surface area contributed by atoms with E-state index in [-0.39, 0.29) is 0 Å². The van der Waals surface area contributed by atoms with Crippen molar-refractivity contribution in [3.8, 4) is 11.5 Å². The number of carbonyl (C=O) groups is 2. The van der Waals surface area contributed by atoms with E-state index in [9.17, 15) is 14.7 Å². The number of aliphatic carboxylic acids is 1. The Hall–Kier alpha value is -2.06. The molecule has 0 saturated carbocycles. The van der Waals surface area contributed by atoms with Gasteiger partial charge in [0.25, 0.3) is 0 Å². The summed E-state index contributed by atoms with van der Waals surface area (Å²) >= 11 is 0. The van der Waals surface area contributed by atoms with Crippen LogP contribution in [0, 0.1) is 11.5 Å². The minimum Gasteiger partial charge on any atom is -0.478 e. The second-order valence-electron chi connectivity index (χ2n) is 7.56. The summed E-state index contributed by atoms with van der Waals surface area (Å²) in [6.07, 6.45) is -1.34. The maximum atomic E-state index is 11.6. The van der Waals surface area contributed by atoms with Gasteiger partial charge in [-0.1, -0.05) is 65.7 Å². The van der Waals surface area contributed by atoms with Gasteiger partial charge in [0.1, 0.15) is 8.07 Å². The summed E-state index contributed by atoms with van der Waals surface area (Å²) in [6.45, 7) is 14.6. The monoisotopic (exact) mass is 374 g/mol. The van der Waals surface area contributed by atoms with E-state index in [0.29, 0.717) is 27.8 Å². The van der Waals surface area contributed by atoms with Gasteiger partial charge in [-0.15, -0.1) is 5.54 Å². The lowest BCUT2D eigenvalue weighted by Crippen LogP contribution is -2.43. The van der Waals surface area contributed by atoms with E-state index in [1.54, 1.807) is 18.2 Å². The van der Waals surface area contributed by atoms with Crippen LogP contribution in [0.1, 0.15) is 65.7 Å². The first-order chi connectivity index (χ1) is 12.0. The van der Waals surface area contributed by atoms with Gasteiger partial charge in [-0.2, -0.15) is 0 Å². The van der Waals surface area contributed by atoms with Gasteiger partial charge >= 0.3 is 11.9 Å². The molecule has 1 aromatic carbocycles. The van der Waals surface area contributed by atoms with Gasteiger partial charge in [0.05, 0.1) is 0 Å². The molecule has 0 spiro atoms. The first-order valence-corrected chi connectivity index (χ1v) is 11.3. The number of esters is 1. The SMILES string of the molecule is CC(=O)O[C@H](C(=O)O)c1ccccc1C#C[Si](C(C)C)(C(C)C)C(C)C. The molecular formula is C21H30O4Si. The number of hydrogen-bond acceptors (Lipinski definition) is 3. The number of hydrogen-bond donors (Lipinski definition) is 1. The quantitative estimate of drug-likeness (QED) is 0.435. The Bertz CT molecular complexity index is 688. The van der Waals surface area contributed by atoms with E-state index in [4.69, 9.17) is 4.74 Å². The lowest BCUT2D eigenvalue weighted by atomic mass is 10.0. The lowest BCUT2D eigenvalue weighted by molar-refractivity contribution is -0.163. The van der Waals surface area contributed by atoms with Gasteiger partial charge in [0, 0.05) is 18.1 Å². The largest absolute Gasteiger partial charge is 0.478 e. The molecule has 1 N–H and O–H groups in total. The van der Waals surface area contributed by atoms with Crippen LogP contribution in [0.3, 0.4) is 0 Å². The first-order valence-electron chi connectivity index (χ1n) is 9.06. The Morgan fingerprint density at radius 1 is 1.00 bits per heavy atom. The average Bonchev–Trinajstić information content (AvgIpc) is 2.52. The van der Waals surface area contributed by atoms with Gasteiger partial charge in [-0.3, -0.25) is 4.79 Å². The van der Waals surface area contributed by atoms with Crippen molar-refractivity contribution in [3.63, 3.8) is 0 Å². The molecule has 1 rings (SSSR count). The van der Waals surface area contributed by atoms with Crippen molar-refractivity contribution in [1.82, 2.24) is 0 Å². The lowest BCUT2D eigenvalue weighted by Gasteiger charge is -2.38. The summed E-state index contributed by atoms with van der Waals surface area (Å²) in [4.78, 5) is 22.9. The van der Waals surface area contributed by atoms with Crippen molar-refractivity contribution < 1.29 is 19.4 Å². The molecule has 0 bridgehead atoms. The van der Waals surface area contributed by atoms with Crippen molar-refractivity contribution in [2.24, 2.45) is 0 Å². The van der Waals surface area contributed by atoms with Crippen LogP contribution in [0.15, 0.2) is 24.3 Å². The van der Waals surface area contributed by atoms with Gasteiger partial charge < -0.3 is 9.84 Å². The van der Waals surface area contributed by atoms with Crippen LogP contribution in [-0.2, 0) is 14.3 Å². The van der Waals surface area contributed by atoms with Crippen LogP contribution >= 0.6 is 0 Å². The molecule has 1 aromatic rings. The Balaban J connectivity index is 3.50. The summed E-state index contributed by atoms with van der Waals surface area (Å²) < 4.78 is 5.02. The Labute approximate surface area is 158 Å². The Morgan fingerprint density at radius 2 is 1.50 bits per heavy atom. The van der Waals surface area contributed by atoms with E-state index in [1.165, 1.54) is 6.92 Å². The average molecular weight is 375 g/mol. The summed E-state index contributed by atoms with van der Waals surface area (Å²) in [5.74, 6) is 1.44. The Morgan fingerprint density at radius 3 is 1.92 bits per heavy atom. The highest BCUT2D eigenvalue weighted by molar-refractivity contribution is 6.90. The standard InChI is InChI=1S/C21H30O4Si/c1-14(2)26(15(3)4,16(5)6)13-12-18-10-8-9-11-19(18)20(21(23)24)25-17(7)22/h8-11,14-16,20H,1-7H3,(H,23,24)/t20-/m0/s1. The van der Waals surface area contributed by atoms with Crippen LogP contribution in [-0.4, -0.2) is 25.1 Å². The fourth-order valence-electron chi connectivity index (χ4n) is 3.86. The summed E-state index contributed by atoms with van der Waals surface area (Å²) in [7, 11) is -1.94. The maximum absolute atomic E-state index is 11.6. The zero-order valence-electron chi connectivity index (χ0n) is 16.8. The van der Waals surface area contributed by atoms with E-state index in [0.717, 1.165) is 0 Å². The highest BCUT2D eigenvalue weighted by atomic mass is 28.3. The van der Waals surface area contributed by atoms with Gasteiger partial charge in [-0.25, -0.2) is 4.79 Å². The number of benzene rings is 1. The number of rotatable bonds is 6. The molecular weight excluding hydrogens is 344 g/mol. The number of carboxylic acid groups (broad SMARTS) is 1. The van der Waals surface area contributed by atoms with E-state index < -0.39 is 26.1 Å². The number of carboxylic acids is 1. The minimum atomic E-state index is -1.94. The van der Waals surface area contributed by atoms with Gasteiger partial charge in [0.15, 0.2) is 0 Å². The predicted octanol–water partition coefficient (Wildman–Crippen LogP) is 4.94. The molecule has 0 aliphatic heterocycles. The second-order valence-corrected chi connectivity index (χ2v) is 13.1. The zero-order valence-corrected chi connectivity index (χ0v) is 17.8. The molecule has 0 unspecified atom stereocenters. The number of carbonyl (C=O) groups excluding carboxylic acids is 1. The van der Waals surface area contributed by atoms with Crippen LogP contribution in [0.25, 0.3) is 0 Å². The van der Waals surface area contributed by atoms with Crippen LogP contribution < -0.4 is 0 Å². The number of ether oxygens (including phenoxy) is 1. The Kier molecular flexibility index (Phi) is 7.64. The molecule has 0 radical (unpaired) electrons. The van der Waals surface area contributed by atoms with Crippen molar-refractivity contribution in [1.29, 1.82) is 0 Å². The summed E-state index contributed by atoms with van der Waals surface area (Å²) in [5, 5.41) is 9.48.